The van der Waals surface area contributed by atoms with E-state index in [-0.39, 0.29) is 18.3 Å². The van der Waals surface area contributed by atoms with Crippen LogP contribution in [-0.4, -0.2) is 51.9 Å². The minimum absolute atomic E-state index is 0.0210. The molecule has 2 aliphatic heterocycles. The number of ether oxygens (including phenoxy) is 2. The second-order valence-electron chi connectivity index (χ2n) is 11.7. The zero-order valence-corrected chi connectivity index (χ0v) is 21.2. The van der Waals surface area contributed by atoms with Crippen LogP contribution in [0.2, 0.25) is 0 Å². The van der Waals surface area contributed by atoms with Crippen molar-refractivity contribution >= 4 is 5.82 Å². The molecule has 6 rings (SSSR count). The minimum atomic E-state index is -4.59. The molecule has 206 valence electrons. The fourth-order valence-electron chi connectivity index (χ4n) is 6.81. The molecule has 3 heterocycles. The lowest BCUT2D eigenvalue weighted by Gasteiger charge is -2.46. The van der Waals surface area contributed by atoms with Gasteiger partial charge in [0.1, 0.15) is 35.4 Å². The molecule has 2 saturated carbocycles. The molecule has 2 bridgehead atoms. The molecule has 6 nitrogen and oxygen atoms in total. The van der Waals surface area contributed by atoms with Crippen LogP contribution in [0.4, 0.5) is 19.0 Å². The van der Waals surface area contributed by atoms with Crippen LogP contribution in [0.3, 0.4) is 0 Å². The van der Waals surface area contributed by atoms with Crippen LogP contribution < -0.4 is 5.32 Å². The summed E-state index contributed by atoms with van der Waals surface area (Å²) in [5.41, 5.74) is 0.659. The Morgan fingerprint density at radius 1 is 0.947 bits per heavy atom. The SMILES string of the molecule is O[C@@H]1[C@@H](Nc2cccc(C(F)(F)F)n2)[C@H]2OC[C@](C3CCC(Cc4ccc(CC5CCC5)cc4)C3)(O2)[C@@H]1O. The van der Waals surface area contributed by atoms with Crippen molar-refractivity contribution in [1.82, 2.24) is 4.98 Å². The van der Waals surface area contributed by atoms with Gasteiger partial charge >= 0.3 is 6.18 Å². The van der Waals surface area contributed by atoms with Gasteiger partial charge in [0.05, 0.1) is 6.61 Å². The first-order valence-electron chi connectivity index (χ1n) is 13.8. The number of nitrogens with one attached hydrogen (secondary N) is 1. The summed E-state index contributed by atoms with van der Waals surface area (Å²) in [6.07, 6.45) is 0.904. The normalized spacial score (nSPS) is 35.3. The minimum Gasteiger partial charge on any atom is -0.388 e. The molecule has 38 heavy (non-hydrogen) atoms. The highest BCUT2D eigenvalue weighted by Gasteiger charge is 2.63. The number of aliphatic hydroxyl groups excluding tert-OH is 2. The number of benzene rings is 1. The maximum absolute atomic E-state index is 13.1. The molecule has 2 unspecified atom stereocenters. The van der Waals surface area contributed by atoms with Gasteiger partial charge in [0.15, 0.2) is 6.29 Å². The summed E-state index contributed by atoms with van der Waals surface area (Å²) >= 11 is 0. The zero-order chi connectivity index (χ0) is 26.5. The molecule has 4 aliphatic rings. The Kier molecular flexibility index (Phi) is 6.91. The highest BCUT2D eigenvalue weighted by atomic mass is 19.4. The molecule has 3 N–H and O–H groups in total. The van der Waals surface area contributed by atoms with E-state index < -0.39 is 42.0 Å². The molecule has 0 radical (unpaired) electrons. The number of aliphatic hydroxyl groups is 2. The van der Waals surface area contributed by atoms with Crippen molar-refractivity contribution in [2.45, 2.75) is 87.7 Å². The maximum Gasteiger partial charge on any atom is 0.433 e. The van der Waals surface area contributed by atoms with Crippen molar-refractivity contribution in [1.29, 1.82) is 0 Å². The van der Waals surface area contributed by atoms with Crippen molar-refractivity contribution in [2.75, 3.05) is 11.9 Å². The molecule has 1 aromatic heterocycles. The highest BCUT2D eigenvalue weighted by Crippen LogP contribution is 2.49. The Morgan fingerprint density at radius 3 is 2.32 bits per heavy atom. The van der Waals surface area contributed by atoms with E-state index in [1.807, 2.05) is 0 Å². The van der Waals surface area contributed by atoms with Gasteiger partial charge in [0, 0.05) is 0 Å². The van der Waals surface area contributed by atoms with E-state index in [2.05, 4.69) is 34.6 Å². The molecule has 2 aromatic rings. The van der Waals surface area contributed by atoms with Crippen LogP contribution in [0, 0.1) is 17.8 Å². The molecule has 4 fully saturated rings. The summed E-state index contributed by atoms with van der Waals surface area (Å²) in [6, 6.07) is 11.5. The lowest BCUT2D eigenvalue weighted by molar-refractivity contribution is -0.231. The summed E-state index contributed by atoms with van der Waals surface area (Å²) in [4.78, 5) is 3.61. The van der Waals surface area contributed by atoms with Gasteiger partial charge in [-0.2, -0.15) is 13.2 Å². The van der Waals surface area contributed by atoms with Gasteiger partial charge in [-0.1, -0.05) is 49.6 Å². The average Bonchev–Trinajstić information content (AvgIpc) is 3.51. The van der Waals surface area contributed by atoms with Gasteiger partial charge < -0.3 is 25.0 Å². The fraction of sp³-hybridized carbons (Fsp3) is 0.621. The summed E-state index contributed by atoms with van der Waals surface area (Å²) < 4.78 is 51.4. The van der Waals surface area contributed by atoms with E-state index in [9.17, 15) is 23.4 Å². The zero-order valence-electron chi connectivity index (χ0n) is 21.2. The van der Waals surface area contributed by atoms with E-state index >= 15 is 0 Å². The number of hydrogen-bond donors (Lipinski definition) is 3. The number of halogens is 3. The molecule has 2 saturated heterocycles. The number of hydrogen-bond acceptors (Lipinski definition) is 6. The van der Waals surface area contributed by atoms with Crippen molar-refractivity contribution in [2.24, 2.45) is 17.8 Å². The van der Waals surface area contributed by atoms with Crippen LogP contribution >= 0.6 is 0 Å². The monoisotopic (exact) mass is 532 g/mol. The van der Waals surface area contributed by atoms with Crippen molar-refractivity contribution in [3.8, 4) is 0 Å². The molecular weight excluding hydrogens is 497 g/mol. The Balaban J connectivity index is 1.08. The Morgan fingerprint density at radius 2 is 1.66 bits per heavy atom. The number of fused-ring (bicyclic) bond motifs is 2. The average molecular weight is 533 g/mol. The molecule has 1 aromatic carbocycles. The number of nitrogens with zero attached hydrogens (tertiary/aromatic N) is 1. The van der Waals surface area contributed by atoms with Crippen molar-refractivity contribution in [3.63, 3.8) is 0 Å². The quantitative estimate of drug-likeness (QED) is 0.478. The van der Waals surface area contributed by atoms with Crippen LogP contribution in [-0.2, 0) is 28.5 Å². The summed E-state index contributed by atoms with van der Waals surface area (Å²) in [7, 11) is 0. The summed E-state index contributed by atoms with van der Waals surface area (Å²) in [5.74, 6) is 1.25. The molecular formula is C29H35F3N2O4. The van der Waals surface area contributed by atoms with Crippen molar-refractivity contribution in [3.05, 3.63) is 59.3 Å². The van der Waals surface area contributed by atoms with Crippen LogP contribution in [0.25, 0.3) is 0 Å². The van der Waals surface area contributed by atoms with Gasteiger partial charge in [0.25, 0.3) is 0 Å². The van der Waals surface area contributed by atoms with E-state index in [0.717, 1.165) is 37.7 Å². The predicted octanol–water partition coefficient (Wildman–Crippen LogP) is 4.73. The van der Waals surface area contributed by atoms with Crippen molar-refractivity contribution < 1.29 is 32.9 Å². The number of anilines is 1. The first-order chi connectivity index (χ1) is 18.2. The number of rotatable bonds is 7. The van der Waals surface area contributed by atoms with Crippen LogP contribution in [0.1, 0.15) is 55.3 Å². The van der Waals surface area contributed by atoms with E-state index in [1.54, 1.807) is 0 Å². The van der Waals surface area contributed by atoms with Gasteiger partial charge in [-0.05, 0) is 73.1 Å². The first-order valence-corrected chi connectivity index (χ1v) is 13.8. The molecule has 7 atom stereocenters. The standard InChI is InChI=1S/C29H35F3N2O4/c30-29(31,32)22-5-2-6-23(33-22)34-24-25(35)26(36)28(16-37-27(24)38-28)21-12-11-20(15-21)14-19-9-7-18(8-10-19)13-17-3-1-4-17/h2,5-10,17,20-21,24-27,35-36H,1,3-4,11-16H2,(H,33,34)/t20?,21?,24-,25-,26-,27+,28-/m1/s1. The lowest BCUT2D eigenvalue weighted by Crippen LogP contribution is -2.65. The predicted molar refractivity (Wildman–Crippen MR) is 134 cm³/mol. The highest BCUT2D eigenvalue weighted by molar-refractivity contribution is 5.38. The topological polar surface area (TPSA) is 83.8 Å². The van der Waals surface area contributed by atoms with E-state index in [0.29, 0.717) is 5.92 Å². The van der Waals surface area contributed by atoms with Gasteiger partial charge in [-0.25, -0.2) is 4.98 Å². The number of pyridine rings is 1. The van der Waals surface area contributed by atoms with E-state index in [4.69, 9.17) is 9.47 Å². The fourth-order valence-corrected chi connectivity index (χ4v) is 6.81. The second kappa shape index (κ2) is 10.1. The molecule has 9 heteroatoms. The number of aromatic nitrogens is 1. The number of alkyl halides is 3. The smallest absolute Gasteiger partial charge is 0.388 e. The van der Waals surface area contributed by atoms with Gasteiger partial charge in [-0.15, -0.1) is 0 Å². The lowest BCUT2D eigenvalue weighted by atomic mass is 9.76. The third kappa shape index (κ3) is 4.94. The van der Waals surface area contributed by atoms with Gasteiger partial charge in [-0.3, -0.25) is 0 Å². The third-order valence-corrected chi connectivity index (χ3v) is 9.18. The largest absolute Gasteiger partial charge is 0.433 e. The van der Waals surface area contributed by atoms with Crippen LogP contribution in [0.5, 0.6) is 0 Å². The maximum atomic E-state index is 13.1. The molecule has 0 amide bonds. The Bertz CT molecular complexity index is 1130. The Labute approximate surface area is 220 Å². The third-order valence-electron chi connectivity index (χ3n) is 9.18. The Hall–Kier alpha value is -2.20. The molecule has 2 aliphatic carbocycles. The summed E-state index contributed by atoms with van der Waals surface area (Å²) in [5, 5.41) is 25.0. The first kappa shape index (κ1) is 26.0. The van der Waals surface area contributed by atoms with E-state index in [1.165, 1.54) is 48.9 Å². The second-order valence-corrected chi connectivity index (χ2v) is 11.7. The summed E-state index contributed by atoms with van der Waals surface area (Å²) in [6.45, 7) is 0.136. The van der Waals surface area contributed by atoms with Crippen LogP contribution in [0.15, 0.2) is 42.5 Å². The van der Waals surface area contributed by atoms with Gasteiger partial charge in [0.2, 0.25) is 0 Å². The molecule has 0 spiro atoms.